The fourth-order valence-corrected chi connectivity index (χ4v) is 4.82. The lowest BCUT2D eigenvalue weighted by Gasteiger charge is -2.30. The third kappa shape index (κ3) is 5.46. The molecule has 1 aliphatic rings. The molecule has 3 rings (SSSR count). The molecule has 0 aliphatic carbocycles. The quantitative estimate of drug-likeness (QED) is 0.423. The minimum absolute atomic E-state index is 0.114. The lowest BCUT2D eigenvalue weighted by molar-refractivity contribution is -0.138. The lowest BCUT2D eigenvalue weighted by atomic mass is 9.79. The molecule has 4 nitrogen and oxygen atoms in total. The molecular formula is C27H33F3N2O2. The Morgan fingerprint density at radius 1 is 1.15 bits per heavy atom. The first-order chi connectivity index (χ1) is 16.2. The average molecular weight is 475 g/mol. The summed E-state index contributed by atoms with van der Waals surface area (Å²) in [6.07, 6.45) is -2.33. The van der Waals surface area contributed by atoms with Gasteiger partial charge >= 0.3 is 6.18 Å². The average Bonchev–Trinajstić information content (AvgIpc) is 2.94. The van der Waals surface area contributed by atoms with Crippen LogP contribution in [0.1, 0.15) is 42.9 Å². The van der Waals surface area contributed by atoms with Crippen molar-refractivity contribution in [2.24, 2.45) is 5.92 Å². The zero-order valence-electron chi connectivity index (χ0n) is 20.1. The number of halogens is 3. The number of fused-ring (bicyclic) bond motifs is 1. The molecule has 1 aliphatic heterocycles. The van der Waals surface area contributed by atoms with Crippen LogP contribution in [-0.2, 0) is 17.4 Å². The van der Waals surface area contributed by atoms with Crippen LogP contribution in [0.3, 0.4) is 0 Å². The highest BCUT2D eigenvalue weighted by atomic mass is 19.4. The van der Waals surface area contributed by atoms with E-state index >= 15 is 0 Å². The maximum Gasteiger partial charge on any atom is 0.416 e. The van der Waals surface area contributed by atoms with Crippen LogP contribution in [0.25, 0.3) is 0 Å². The summed E-state index contributed by atoms with van der Waals surface area (Å²) >= 11 is 0. The number of rotatable bonds is 9. The Hall–Kier alpha value is -2.80. The fourth-order valence-electron chi connectivity index (χ4n) is 4.82. The summed E-state index contributed by atoms with van der Waals surface area (Å²) in [5, 5.41) is 0. The number of likely N-dealkylation sites (N-methyl/N-ethyl adjacent to an activating group) is 1. The normalized spacial score (nSPS) is 18.6. The van der Waals surface area contributed by atoms with Crippen molar-refractivity contribution in [3.05, 3.63) is 71.8 Å². The first kappa shape index (κ1) is 25.8. The number of allylic oxidation sites excluding steroid dienone is 1. The molecule has 0 saturated carbocycles. The first-order valence-electron chi connectivity index (χ1n) is 11.7. The van der Waals surface area contributed by atoms with Gasteiger partial charge in [0.2, 0.25) is 5.91 Å². The van der Waals surface area contributed by atoms with Gasteiger partial charge in [0.15, 0.2) is 0 Å². The molecule has 0 N–H and O–H groups in total. The SMILES string of the molecule is C=CC[C@H]1C(=O)N(CCN(CC)CC)c2cccc(C(F)(F)F)c2C[C@H]1c1ccc(OC)cc1. The Morgan fingerprint density at radius 3 is 2.38 bits per heavy atom. The number of anilines is 1. The molecule has 34 heavy (non-hydrogen) atoms. The highest BCUT2D eigenvalue weighted by Crippen LogP contribution is 2.44. The zero-order chi connectivity index (χ0) is 24.9. The van der Waals surface area contributed by atoms with E-state index in [0.717, 1.165) is 24.7 Å². The van der Waals surface area contributed by atoms with Gasteiger partial charge in [-0.15, -0.1) is 6.58 Å². The first-order valence-corrected chi connectivity index (χ1v) is 11.7. The van der Waals surface area contributed by atoms with E-state index in [4.69, 9.17) is 4.74 Å². The number of hydrogen-bond donors (Lipinski definition) is 0. The lowest BCUT2D eigenvalue weighted by Crippen LogP contribution is -2.42. The molecule has 0 radical (unpaired) electrons. The van der Waals surface area contributed by atoms with Crippen LogP contribution in [0.5, 0.6) is 5.75 Å². The van der Waals surface area contributed by atoms with Crippen LogP contribution in [0, 0.1) is 5.92 Å². The summed E-state index contributed by atoms with van der Waals surface area (Å²) in [6, 6.07) is 11.4. The van der Waals surface area contributed by atoms with Gasteiger partial charge in [0.25, 0.3) is 0 Å². The minimum Gasteiger partial charge on any atom is -0.497 e. The van der Waals surface area contributed by atoms with E-state index in [1.807, 2.05) is 26.0 Å². The van der Waals surface area contributed by atoms with Crippen molar-refractivity contribution in [1.29, 1.82) is 0 Å². The molecule has 184 valence electrons. The smallest absolute Gasteiger partial charge is 0.416 e. The van der Waals surface area contributed by atoms with E-state index in [0.29, 0.717) is 30.9 Å². The summed E-state index contributed by atoms with van der Waals surface area (Å²) in [4.78, 5) is 17.6. The molecular weight excluding hydrogens is 441 g/mol. The molecule has 0 spiro atoms. The van der Waals surface area contributed by atoms with Crippen LogP contribution in [0.2, 0.25) is 0 Å². The number of benzene rings is 2. The molecule has 0 saturated heterocycles. The second kappa shape index (κ2) is 11.1. The molecule has 0 unspecified atom stereocenters. The van der Waals surface area contributed by atoms with Crippen LogP contribution >= 0.6 is 0 Å². The molecule has 1 amide bonds. The molecule has 0 aromatic heterocycles. The Labute approximate surface area is 200 Å². The van der Waals surface area contributed by atoms with Crippen LogP contribution < -0.4 is 9.64 Å². The van der Waals surface area contributed by atoms with Crippen LogP contribution in [0.4, 0.5) is 18.9 Å². The highest BCUT2D eigenvalue weighted by Gasteiger charge is 2.42. The number of hydrogen-bond acceptors (Lipinski definition) is 3. The standard InChI is InChI=1S/C27H33F3N2O2/c1-5-9-21-22(19-12-14-20(34-4)15-13-19)18-23-24(27(28,29)30)10-8-11-25(23)32(26(21)33)17-16-31(6-2)7-3/h5,8,10-15,21-22H,1,6-7,9,16-18H2,2-4H3/t21-,22+/m1/s1. The predicted molar refractivity (Wildman–Crippen MR) is 129 cm³/mol. The van der Waals surface area contributed by atoms with Gasteiger partial charge < -0.3 is 14.5 Å². The van der Waals surface area contributed by atoms with Gasteiger partial charge in [-0.25, -0.2) is 0 Å². The van der Waals surface area contributed by atoms with E-state index in [9.17, 15) is 18.0 Å². The minimum atomic E-state index is -4.51. The number of carbonyl (C=O) groups is 1. The number of amides is 1. The summed E-state index contributed by atoms with van der Waals surface area (Å²) in [6.45, 7) is 10.4. The molecule has 7 heteroatoms. The summed E-state index contributed by atoms with van der Waals surface area (Å²) in [5.41, 5.74) is 0.672. The van der Waals surface area contributed by atoms with Crippen molar-refractivity contribution in [3.63, 3.8) is 0 Å². The molecule has 0 fully saturated rings. The molecule has 2 aromatic rings. The van der Waals surface area contributed by atoms with Crippen molar-refractivity contribution in [2.45, 2.75) is 38.8 Å². The van der Waals surface area contributed by atoms with Crippen molar-refractivity contribution < 1.29 is 22.7 Å². The van der Waals surface area contributed by atoms with Crippen molar-refractivity contribution >= 4 is 11.6 Å². The van der Waals surface area contributed by atoms with Gasteiger partial charge in [0, 0.05) is 24.7 Å². The van der Waals surface area contributed by atoms with E-state index < -0.39 is 23.6 Å². The molecule has 0 bridgehead atoms. The van der Waals surface area contributed by atoms with E-state index in [1.165, 1.54) is 6.07 Å². The zero-order valence-corrected chi connectivity index (χ0v) is 20.1. The van der Waals surface area contributed by atoms with Gasteiger partial charge in [0.1, 0.15) is 5.75 Å². The molecule has 1 heterocycles. The third-order valence-electron chi connectivity index (χ3n) is 6.74. The number of carbonyl (C=O) groups excluding carboxylic acids is 1. The third-order valence-corrected chi connectivity index (χ3v) is 6.74. The van der Waals surface area contributed by atoms with Gasteiger partial charge in [-0.3, -0.25) is 4.79 Å². The Balaban J connectivity index is 2.15. The second-order valence-electron chi connectivity index (χ2n) is 8.53. The predicted octanol–water partition coefficient (Wildman–Crippen LogP) is 5.92. The largest absolute Gasteiger partial charge is 0.497 e. The number of methoxy groups -OCH3 is 1. The number of nitrogens with zero attached hydrogens (tertiary/aromatic N) is 2. The number of ether oxygens (including phenoxy) is 1. The van der Waals surface area contributed by atoms with E-state index in [-0.39, 0.29) is 17.9 Å². The van der Waals surface area contributed by atoms with Crippen molar-refractivity contribution in [3.8, 4) is 5.75 Å². The summed E-state index contributed by atoms with van der Waals surface area (Å²) in [5.74, 6) is -0.444. The van der Waals surface area contributed by atoms with Crippen LogP contribution in [0.15, 0.2) is 55.1 Å². The Bertz CT molecular complexity index is 984. The summed E-state index contributed by atoms with van der Waals surface area (Å²) < 4.78 is 47.5. The topological polar surface area (TPSA) is 32.8 Å². The second-order valence-corrected chi connectivity index (χ2v) is 8.53. The molecule has 2 aromatic carbocycles. The summed E-state index contributed by atoms with van der Waals surface area (Å²) in [7, 11) is 1.56. The van der Waals surface area contributed by atoms with E-state index in [2.05, 4.69) is 11.5 Å². The van der Waals surface area contributed by atoms with Crippen molar-refractivity contribution in [1.82, 2.24) is 4.90 Å². The van der Waals surface area contributed by atoms with Crippen molar-refractivity contribution in [2.75, 3.05) is 38.2 Å². The Morgan fingerprint density at radius 2 is 1.82 bits per heavy atom. The van der Waals surface area contributed by atoms with Gasteiger partial charge in [0.05, 0.1) is 12.7 Å². The maximum absolute atomic E-state index is 14.1. The van der Waals surface area contributed by atoms with Crippen LogP contribution in [-0.4, -0.2) is 44.1 Å². The maximum atomic E-state index is 14.1. The van der Waals surface area contributed by atoms with Gasteiger partial charge in [-0.05, 0) is 67.2 Å². The Kier molecular flexibility index (Phi) is 8.42. The number of alkyl halides is 3. The molecule has 2 atom stereocenters. The van der Waals surface area contributed by atoms with E-state index in [1.54, 1.807) is 36.3 Å². The van der Waals surface area contributed by atoms with Gasteiger partial charge in [-0.1, -0.05) is 38.1 Å². The monoisotopic (exact) mass is 474 g/mol. The highest BCUT2D eigenvalue weighted by molar-refractivity contribution is 5.97. The van der Waals surface area contributed by atoms with Gasteiger partial charge in [-0.2, -0.15) is 13.2 Å². The fraction of sp³-hybridized carbons (Fsp3) is 0.444.